The Labute approximate surface area is 281 Å². The summed E-state index contributed by atoms with van der Waals surface area (Å²) in [5.41, 5.74) is 1.79. The number of carbonyl (C=O) groups is 3. The zero-order chi connectivity index (χ0) is 35.8. The van der Waals surface area contributed by atoms with E-state index in [0.29, 0.717) is 24.1 Å². The number of nitrogens with one attached hydrogen (secondary N) is 1. The van der Waals surface area contributed by atoms with Gasteiger partial charge < -0.3 is 24.8 Å². The first kappa shape index (κ1) is 37.7. The number of methoxy groups -OCH3 is 1. The number of hydrogen-bond acceptors (Lipinski definition) is 8. The van der Waals surface area contributed by atoms with Crippen molar-refractivity contribution in [2.45, 2.75) is 45.5 Å². The molecule has 0 unspecified atom stereocenters. The molecule has 0 heterocycles. The Bertz CT molecular complexity index is 1800. The summed E-state index contributed by atoms with van der Waals surface area (Å²) < 4.78 is 43.3. The smallest absolute Gasteiger partial charge is 0.416 e. The molecule has 0 saturated carbocycles. The number of carboxylic acids is 1. The monoisotopic (exact) mass is 679 g/mol. The molecule has 258 valence electrons. The van der Waals surface area contributed by atoms with Crippen molar-refractivity contribution in [1.82, 2.24) is 5.32 Å². The van der Waals surface area contributed by atoms with Gasteiger partial charge in [0, 0.05) is 30.5 Å². The molecule has 4 aromatic rings. The quantitative estimate of drug-likeness (QED) is 0.0893. The number of fused-ring (bicyclic) bond motifs is 1. The number of esters is 1. The van der Waals surface area contributed by atoms with Crippen LogP contribution in [-0.4, -0.2) is 48.6 Å². The standard InChI is InChI=1S/C20H19F3N2O4.C16H17NO3/c1-13(14-8-6-9-16(11-14)20(21,22)23)24-29-12-15-7-4-5-10-17(15)18(25-28-3)19(26)27-2;18-15(9-4-10-16(19)20)17-11-13-7-3-6-12-5-1-2-8-14(12)13/h4-11H,12H2,1-3H3;1-3,5-8H,4,9-11H2,(H,17,18)(H,19,20)/b24-13+,25-18-;. The van der Waals surface area contributed by atoms with Gasteiger partial charge in [0.2, 0.25) is 5.91 Å². The number of halogens is 3. The van der Waals surface area contributed by atoms with Crippen molar-refractivity contribution in [3.05, 3.63) is 119 Å². The Morgan fingerprint density at radius 1 is 0.837 bits per heavy atom. The molecule has 0 bridgehead atoms. The van der Waals surface area contributed by atoms with Crippen LogP contribution in [0, 0.1) is 0 Å². The van der Waals surface area contributed by atoms with Crippen LogP contribution in [0.25, 0.3) is 10.8 Å². The lowest BCUT2D eigenvalue weighted by Gasteiger charge is -2.10. The molecule has 0 aliphatic carbocycles. The van der Waals surface area contributed by atoms with E-state index in [1.54, 1.807) is 24.3 Å². The lowest BCUT2D eigenvalue weighted by molar-refractivity contribution is -0.138. The van der Waals surface area contributed by atoms with Gasteiger partial charge in [0.15, 0.2) is 5.71 Å². The van der Waals surface area contributed by atoms with E-state index in [4.69, 9.17) is 19.5 Å². The predicted octanol–water partition coefficient (Wildman–Crippen LogP) is 6.88. The molecule has 0 aromatic heterocycles. The number of carbonyl (C=O) groups excluding carboxylic acids is 2. The summed E-state index contributed by atoms with van der Waals surface area (Å²) in [4.78, 5) is 44.0. The summed E-state index contributed by atoms with van der Waals surface area (Å²) in [6, 6.07) is 25.6. The molecule has 10 nitrogen and oxygen atoms in total. The lowest BCUT2D eigenvalue weighted by Crippen LogP contribution is -2.22. The molecular weight excluding hydrogens is 643 g/mol. The van der Waals surface area contributed by atoms with Crippen LogP contribution in [0.3, 0.4) is 0 Å². The second kappa shape index (κ2) is 18.6. The van der Waals surface area contributed by atoms with E-state index in [2.05, 4.69) is 15.6 Å². The van der Waals surface area contributed by atoms with Crippen LogP contribution in [0.2, 0.25) is 0 Å². The zero-order valence-electron chi connectivity index (χ0n) is 27.1. The van der Waals surface area contributed by atoms with Crippen molar-refractivity contribution in [2.24, 2.45) is 10.3 Å². The first-order valence-electron chi connectivity index (χ1n) is 15.0. The van der Waals surface area contributed by atoms with Crippen LogP contribution in [0.4, 0.5) is 13.2 Å². The van der Waals surface area contributed by atoms with Crippen molar-refractivity contribution in [1.29, 1.82) is 0 Å². The number of carboxylic acid groups (broad SMARTS) is 1. The fourth-order valence-corrected chi connectivity index (χ4v) is 4.56. The summed E-state index contributed by atoms with van der Waals surface area (Å²) in [6.07, 6.45) is -3.80. The van der Waals surface area contributed by atoms with Crippen LogP contribution in [-0.2, 0) is 48.1 Å². The summed E-state index contributed by atoms with van der Waals surface area (Å²) in [6.45, 7) is 1.95. The largest absolute Gasteiger partial charge is 0.481 e. The fraction of sp³-hybridized carbons (Fsp3) is 0.250. The molecule has 49 heavy (non-hydrogen) atoms. The summed E-state index contributed by atoms with van der Waals surface area (Å²) in [5.74, 6) is -1.67. The topological polar surface area (TPSA) is 136 Å². The molecule has 13 heteroatoms. The molecule has 0 spiro atoms. The molecule has 4 rings (SSSR count). The van der Waals surface area contributed by atoms with Gasteiger partial charge in [-0.05, 0) is 47.4 Å². The maximum Gasteiger partial charge on any atom is 0.416 e. The molecule has 0 radical (unpaired) electrons. The Kier molecular flexibility index (Phi) is 14.3. The highest BCUT2D eigenvalue weighted by Crippen LogP contribution is 2.29. The van der Waals surface area contributed by atoms with Gasteiger partial charge in [0.1, 0.15) is 13.7 Å². The van der Waals surface area contributed by atoms with Crippen molar-refractivity contribution >= 4 is 40.0 Å². The van der Waals surface area contributed by atoms with Gasteiger partial charge in [0.05, 0.1) is 18.4 Å². The second-order valence-corrected chi connectivity index (χ2v) is 10.5. The normalized spacial score (nSPS) is 11.6. The van der Waals surface area contributed by atoms with Crippen LogP contribution in [0.15, 0.2) is 101 Å². The maximum absolute atomic E-state index is 12.9. The third-order valence-electron chi connectivity index (χ3n) is 7.01. The third kappa shape index (κ3) is 11.8. The highest BCUT2D eigenvalue weighted by Gasteiger charge is 2.30. The number of rotatable bonds is 13. The fourth-order valence-electron chi connectivity index (χ4n) is 4.56. The average Bonchev–Trinajstić information content (AvgIpc) is 3.09. The SMILES string of the molecule is CO/N=C(\C(=O)OC)c1ccccc1CO/N=C(\C)c1cccc(C(F)(F)F)c1.O=C(O)CCCC(=O)NCc1cccc2ccccc12. The number of amides is 1. The van der Waals surface area contributed by atoms with E-state index in [9.17, 15) is 27.6 Å². The molecule has 0 aliphatic heterocycles. The second-order valence-electron chi connectivity index (χ2n) is 10.5. The van der Waals surface area contributed by atoms with Gasteiger partial charge >= 0.3 is 18.1 Å². The van der Waals surface area contributed by atoms with Gasteiger partial charge in [-0.3, -0.25) is 9.59 Å². The van der Waals surface area contributed by atoms with E-state index >= 15 is 0 Å². The number of hydrogen-bond donors (Lipinski definition) is 2. The van der Waals surface area contributed by atoms with Gasteiger partial charge in [-0.25, -0.2) is 4.79 Å². The maximum atomic E-state index is 12.9. The van der Waals surface area contributed by atoms with Crippen LogP contribution < -0.4 is 5.32 Å². The Hall–Kier alpha value is -5.72. The summed E-state index contributed by atoms with van der Waals surface area (Å²) >= 11 is 0. The molecule has 4 aromatic carbocycles. The lowest BCUT2D eigenvalue weighted by atomic mass is 10.0. The molecule has 0 atom stereocenters. The molecule has 1 amide bonds. The molecule has 2 N–H and O–H groups in total. The van der Waals surface area contributed by atoms with Crippen LogP contribution in [0.1, 0.15) is 54.0 Å². The third-order valence-corrected chi connectivity index (χ3v) is 7.01. The minimum absolute atomic E-state index is 0.0295. The van der Waals surface area contributed by atoms with E-state index in [1.807, 2.05) is 42.5 Å². The minimum Gasteiger partial charge on any atom is -0.481 e. The molecular formula is C36H36F3N3O7. The van der Waals surface area contributed by atoms with E-state index in [0.717, 1.165) is 28.5 Å². The predicted molar refractivity (Wildman–Crippen MR) is 178 cm³/mol. The van der Waals surface area contributed by atoms with Gasteiger partial charge in [-0.1, -0.05) is 89.2 Å². The van der Waals surface area contributed by atoms with Gasteiger partial charge in [0.25, 0.3) is 0 Å². The summed E-state index contributed by atoms with van der Waals surface area (Å²) in [5, 5.41) is 21.2. The van der Waals surface area contributed by atoms with Crippen LogP contribution >= 0.6 is 0 Å². The van der Waals surface area contributed by atoms with Gasteiger partial charge in [-0.15, -0.1) is 0 Å². The van der Waals surface area contributed by atoms with E-state index < -0.39 is 23.7 Å². The molecule has 0 fully saturated rings. The Morgan fingerprint density at radius 2 is 1.51 bits per heavy atom. The highest BCUT2D eigenvalue weighted by atomic mass is 19.4. The van der Waals surface area contributed by atoms with E-state index in [1.165, 1.54) is 33.3 Å². The highest BCUT2D eigenvalue weighted by molar-refractivity contribution is 6.43. The number of alkyl halides is 3. The van der Waals surface area contributed by atoms with Crippen molar-refractivity contribution in [3.8, 4) is 0 Å². The number of nitrogens with zero attached hydrogens (tertiary/aromatic N) is 2. The molecule has 0 saturated heterocycles. The average molecular weight is 680 g/mol. The van der Waals surface area contributed by atoms with Gasteiger partial charge in [-0.2, -0.15) is 13.2 Å². The number of aliphatic carboxylic acids is 1. The van der Waals surface area contributed by atoms with Crippen LogP contribution in [0.5, 0.6) is 0 Å². The first-order valence-corrected chi connectivity index (χ1v) is 15.0. The summed E-state index contributed by atoms with van der Waals surface area (Å²) in [7, 11) is 2.51. The molecule has 0 aliphatic rings. The number of benzene rings is 4. The van der Waals surface area contributed by atoms with Crippen molar-refractivity contribution in [2.75, 3.05) is 14.2 Å². The van der Waals surface area contributed by atoms with E-state index in [-0.39, 0.29) is 42.3 Å². The number of ether oxygens (including phenoxy) is 1. The number of oxime groups is 2. The first-order chi connectivity index (χ1) is 23.4. The zero-order valence-corrected chi connectivity index (χ0v) is 27.1. The van der Waals surface area contributed by atoms with Crippen molar-refractivity contribution in [3.63, 3.8) is 0 Å². The Balaban J connectivity index is 0.000000284. The Morgan fingerprint density at radius 3 is 2.22 bits per heavy atom. The van der Waals surface area contributed by atoms with Crippen molar-refractivity contribution < 1.29 is 47.1 Å². The minimum atomic E-state index is -4.44.